The van der Waals surface area contributed by atoms with Crippen molar-refractivity contribution in [2.75, 3.05) is 6.61 Å². The molecule has 2 saturated heterocycles. The van der Waals surface area contributed by atoms with Crippen LogP contribution in [0, 0.1) is 0 Å². The first-order chi connectivity index (χ1) is 17.9. The van der Waals surface area contributed by atoms with Gasteiger partial charge in [0.25, 0.3) is 0 Å². The number of nitrogens with one attached hydrogen (secondary N) is 1. The first kappa shape index (κ1) is 26.9. The van der Waals surface area contributed by atoms with Crippen LogP contribution < -0.4 is 10.1 Å². The van der Waals surface area contributed by atoms with E-state index >= 15 is 0 Å². The molecule has 4 atom stereocenters. The van der Waals surface area contributed by atoms with Crippen LogP contribution in [-0.2, 0) is 24.0 Å². The Kier molecular flexibility index (Phi) is 7.06. The minimum Gasteiger partial charge on any atom is -0.507 e. The Morgan fingerprint density at radius 3 is 2.39 bits per heavy atom. The largest absolute Gasteiger partial charge is 0.507 e. The maximum absolute atomic E-state index is 13.5. The molecule has 0 unspecified atom stereocenters. The minimum absolute atomic E-state index is 0.261. The lowest BCUT2D eigenvalue weighted by molar-refractivity contribution is -0.161. The quantitative estimate of drug-likeness (QED) is 0.275. The molecule has 38 heavy (non-hydrogen) atoms. The van der Waals surface area contributed by atoms with Gasteiger partial charge >= 0.3 is 11.9 Å². The molecule has 0 saturated carbocycles. The Morgan fingerprint density at radius 2 is 1.82 bits per heavy atom. The maximum Gasteiger partial charge on any atom is 0.341 e. The van der Waals surface area contributed by atoms with Gasteiger partial charge in [0.15, 0.2) is 6.04 Å². The molecule has 2 fully saturated rings. The van der Waals surface area contributed by atoms with Crippen LogP contribution in [-0.4, -0.2) is 84.3 Å². The molecule has 1 aromatic carbocycles. The Hall–Kier alpha value is -4.13. The topological polar surface area (TPSA) is 183 Å². The molecule has 4 N–H and O–H groups in total. The van der Waals surface area contributed by atoms with Gasteiger partial charge < -0.3 is 30.3 Å². The molecule has 12 nitrogen and oxygen atoms in total. The number of aliphatic hydroxyl groups is 1. The second-order valence-corrected chi connectivity index (χ2v) is 11.0. The summed E-state index contributed by atoms with van der Waals surface area (Å²) in [6.07, 6.45) is 1.86. The van der Waals surface area contributed by atoms with Gasteiger partial charge in [0, 0.05) is 4.75 Å². The lowest BCUT2D eigenvalue weighted by Gasteiger charge is -2.43. The van der Waals surface area contributed by atoms with E-state index in [4.69, 9.17) is 4.74 Å². The fourth-order valence-corrected chi connectivity index (χ4v) is 6.23. The summed E-state index contributed by atoms with van der Waals surface area (Å²) in [4.78, 5) is 67.9. The molecule has 13 heteroatoms. The molecule has 0 aromatic heterocycles. The van der Waals surface area contributed by atoms with E-state index in [1.807, 2.05) is 0 Å². The third-order valence-electron chi connectivity index (χ3n) is 6.32. The number of β-lactam (4-membered cyclic amide) rings is 1. The van der Waals surface area contributed by atoms with Gasteiger partial charge in [0.05, 0.1) is 6.61 Å². The Labute approximate surface area is 221 Å². The van der Waals surface area contributed by atoms with Crippen molar-refractivity contribution in [1.82, 2.24) is 10.2 Å². The number of aliphatic hydroxyl groups excluding tert-OH is 1. The summed E-state index contributed by atoms with van der Waals surface area (Å²) in [5, 5.41) is 31.2. The van der Waals surface area contributed by atoms with Gasteiger partial charge in [0.2, 0.25) is 17.6 Å². The average molecular weight is 544 g/mol. The highest BCUT2D eigenvalue weighted by molar-refractivity contribution is 8.01. The number of ether oxygens (including phenoxy) is 1. The van der Waals surface area contributed by atoms with Gasteiger partial charge in [-0.25, -0.2) is 9.59 Å². The van der Waals surface area contributed by atoms with Crippen molar-refractivity contribution >= 4 is 47.0 Å². The van der Waals surface area contributed by atoms with E-state index in [1.165, 1.54) is 28.8 Å². The fraction of sp³-hybridized carbons (Fsp3) is 0.360. The molecule has 200 valence electrons. The van der Waals surface area contributed by atoms with Crippen LogP contribution in [0.3, 0.4) is 0 Å². The summed E-state index contributed by atoms with van der Waals surface area (Å²) >= 11 is 1.24. The summed E-state index contributed by atoms with van der Waals surface area (Å²) in [6, 6.07) is 2.55. The van der Waals surface area contributed by atoms with Gasteiger partial charge in [0.1, 0.15) is 40.3 Å². The Bertz CT molecular complexity index is 1320. The van der Waals surface area contributed by atoms with Crippen LogP contribution in [0.1, 0.15) is 32.4 Å². The zero-order valence-corrected chi connectivity index (χ0v) is 21.4. The SMILES string of the molecule is CCOc1ccc([C@@H](N=C2C(=O)C=CC(O)=C2C(=O)O)C(=O)N[C@@H]2C(=O)N3[C@@H]2SC(C)(C)[C@@H]3C(=O)O)cc1. The number of carbonyl (C=O) groups is 5. The van der Waals surface area contributed by atoms with Crippen LogP contribution in [0.4, 0.5) is 0 Å². The number of allylic oxidation sites excluding steroid dienone is 2. The highest BCUT2D eigenvalue weighted by Crippen LogP contribution is 2.50. The zero-order chi connectivity index (χ0) is 27.9. The molecule has 0 spiro atoms. The van der Waals surface area contributed by atoms with Crippen LogP contribution in [0.25, 0.3) is 0 Å². The summed E-state index contributed by atoms with van der Waals surface area (Å²) < 4.78 is 4.61. The summed E-state index contributed by atoms with van der Waals surface area (Å²) in [6.45, 7) is 5.58. The molecular formula is C25H25N3O9S. The van der Waals surface area contributed by atoms with E-state index < -0.39 is 74.8 Å². The van der Waals surface area contributed by atoms with Crippen molar-refractivity contribution in [1.29, 1.82) is 0 Å². The van der Waals surface area contributed by atoms with Crippen molar-refractivity contribution < 1.29 is 44.0 Å². The van der Waals surface area contributed by atoms with Gasteiger partial charge in [-0.15, -0.1) is 11.8 Å². The second kappa shape index (κ2) is 9.97. The van der Waals surface area contributed by atoms with E-state index in [0.717, 1.165) is 12.2 Å². The van der Waals surface area contributed by atoms with E-state index in [1.54, 1.807) is 32.9 Å². The van der Waals surface area contributed by atoms with E-state index in [-0.39, 0.29) is 5.56 Å². The van der Waals surface area contributed by atoms with Crippen LogP contribution >= 0.6 is 11.8 Å². The molecular weight excluding hydrogens is 518 g/mol. The molecule has 2 aliphatic heterocycles. The normalized spacial score (nSPS) is 25.6. The molecule has 0 bridgehead atoms. The van der Waals surface area contributed by atoms with Gasteiger partial charge in [-0.3, -0.25) is 19.4 Å². The number of carboxylic acid groups (broad SMARTS) is 2. The van der Waals surface area contributed by atoms with E-state index in [2.05, 4.69) is 10.3 Å². The molecule has 1 aliphatic carbocycles. The molecule has 2 heterocycles. The number of amides is 2. The molecule has 2 amide bonds. The summed E-state index contributed by atoms with van der Waals surface area (Å²) in [7, 11) is 0. The first-order valence-electron chi connectivity index (χ1n) is 11.6. The van der Waals surface area contributed by atoms with Crippen LogP contribution in [0.2, 0.25) is 0 Å². The molecule has 4 rings (SSSR count). The predicted octanol–water partition coefficient (Wildman–Crippen LogP) is 1.23. The van der Waals surface area contributed by atoms with Crippen LogP contribution in [0.15, 0.2) is 52.7 Å². The third-order valence-corrected chi connectivity index (χ3v) is 7.89. The lowest BCUT2D eigenvalue weighted by atomic mass is 9.95. The monoisotopic (exact) mass is 543 g/mol. The zero-order valence-electron chi connectivity index (χ0n) is 20.6. The standard InChI is InChI=1S/C25H25N3O9S/c1-4-37-12-7-5-11(6-8-12)16(26-17-14(30)10-9-13(29)15(17)23(33)34)20(31)27-18-21(32)28-19(24(35)36)25(2,3)38-22(18)28/h5-10,16,18-19,22,29H,4H2,1-3H3,(H,27,31)(H,33,34)(H,35,36)/t16-,18-,19+,22-/m1/s1. The number of aliphatic imine (C=N–C) groups is 1. The van der Waals surface area contributed by atoms with E-state index in [0.29, 0.717) is 12.4 Å². The number of benzene rings is 1. The smallest absolute Gasteiger partial charge is 0.341 e. The first-order valence-corrected chi connectivity index (χ1v) is 12.5. The maximum atomic E-state index is 13.5. The third kappa shape index (κ3) is 4.64. The predicted molar refractivity (Wildman–Crippen MR) is 135 cm³/mol. The number of rotatable bonds is 8. The van der Waals surface area contributed by atoms with Gasteiger partial charge in [-0.05, 0) is 50.6 Å². The van der Waals surface area contributed by atoms with Crippen molar-refractivity contribution in [3.63, 3.8) is 0 Å². The number of thioether (sulfide) groups is 1. The molecule has 3 aliphatic rings. The van der Waals surface area contributed by atoms with E-state index in [9.17, 15) is 39.3 Å². The minimum atomic E-state index is -1.61. The number of carboxylic acids is 2. The summed E-state index contributed by atoms with van der Waals surface area (Å²) in [5.74, 6) is -5.19. The number of carbonyl (C=O) groups excluding carboxylic acids is 3. The second-order valence-electron chi connectivity index (χ2n) is 9.23. The number of hydrogen-bond acceptors (Lipinski definition) is 9. The van der Waals surface area contributed by atoms with Crippen molar-refractivity contribution in [2.45, 2.75) is 49.0 Å². The van der Waals surface area contributed by atoms with Crippen molar-refractivity contribution in [2.24, 2.45) is 4.99 Å². The number of aliphatic carboxylic acids is 2. The number of fused-ring (bicyclic) bond motifs is 1. The number of ketones is 1. The number of nitrogens with zero attached hydrogens (tertiary/aromatic N) is 2. The average Bonchev–Trinajstić information content (AvgIpc) is 3.11. The highest BCUT2D eigenvalue weighted by atomic mass is 32.2. The van der Waals surface area contributed by atoms with Gasteiger partial charge in [-0.2, -0.15) is 0 Å². The van der Waals surface area contributed by atoms with Gasteiger partial charge in [-0.1, -0.05) is 12.1 Å². The Morgan fingerprint density at radius 1 is 1.16 bits per heavy atom. The fourth-order valence-electron chi connectivity index (χ4n) is 4.60. The van der Waals surface area contributed by atoms with Crippen molar-refractivity contribution in [3.8, 4) is 5.75 Å². The number of hydrogen-bond donors (Lipinski definition) is 4. The van der Waals surface area contributed by atoms with Crippen LogP contribution in [0.5, 0.6) is 5.75 Å². The van der Waals surface area contributed by atoms with Crippen molar-refractivity contribution in [3.05, 3.63) is 53.3 Å². The highest BCUT2D eigenvalue weighted by Gasteiger charge is 2.64. The molecule has 1 aromatic rings. The molecule has 0 radical (unpaired) electrons. The summed E-state index contributed by atoms with van der Waals surface area (Å²) in [5.41, 5.74) is -1.13. The Balaban J connectivity index is 1.69. The lowest BCUT2D eigenvalue weighted by Crippen LogP contribution is -2.70.